The Morgan fingerprint density at radius 3 is 1.61 bits per heavy atom. The minimum Gasteiger partial charge on any atom is -0.494 e. The summed E-state index contributed by atoms with van der Waals surface area (Å²) in [6.07, 6.45) is 6.85. The van der Waals surface area contributed by atoms with Crippen LogP contribution in [0.25, 0.3) is 32.0 Å². The van der Waals surface area contributed by atoms with Gasteiger partial charge in [-0.3, -0.25) is 0 Å². The number of aryl methyl sites for hydroxylation is 2. The van der Waals surface area contributed by atoms with E-state index in [1.165, 1.54) is 51.7 Å². The van der Waals surface area contributed by atoms with Crippen LogP contribution < -0.4 is 4.74 Å². The number of benzene rings is 2. The fourth-order valence-electron chi connectivity index (χ4n) is 5.57. The number of halogens is 6. The van der Waals surface area contributed by atoms with Crippen LogP contribution in [0.15, 0.2) is 66.7 Å². The van der Waals surface area contributed by atoms with E-state index < -0.39 is 28.9 Å². The van der Waals surface area contributed by atoms with Crippen molar-refractivity contribution in [2.24, 2.45) is 0 Å². The highest BCUT2D eigenvalue weighted by atomic mass is 32.1. The standard InChI is InChI=1S/C35H34F6OS2/c1-4-5-6-7-8-12-19-42-26-17-15-25(16-18-26)30-21-28(23(3)44-30)32-31(33(36,37)35(40,41)34(32,38)39)27-20-29(43-22(27)2)24-13-10-9-11-14-24/h9-11,13-18,20-21H,4-8,12,19H2,1-3H3. The monoisotopic (exact) mass is 648 g/mol. The van der Waals surface area contributed by atoms with Crippen molar-refractivity contribution in [1.82, 2.24) is 0 Å². The molecule has 0 atom stereocenters. The first-order valence-electron chi connectivity index (χ1n) is 14.8. The molecule has 0 N–H and O–H groups in total. The van der Waals surface area contributed by atoms with Crippen LogP contribution in [0.3, 0.4) is 0 Å². The van der Waals surface area contributed by atoms with Crippen LogP contribution >= 0.6 is 22.7 Å². The fourth-order valence-corrected chi connectivity index (χ4v) is 7.63. The molecule has 0 saturated heterocycles. The SMILES string of the molecule is CCCCCCCCOc1ccc(-c2cc(C3=C(c4cc(-c5ccccc5)sc4C)C(F)(F)C(F)(F)C3(F)F)c(C)s2)cc1. The lowest BCUT2D eigenvalue weighted by Gasteiger charge is -2.25. The van der Waals surface area contributed by atoms with E-state index in [1.807, 2.05) is 0 Å². The molecular formula is C35H34F6OS2. The molecule has 0 spiro atoms. The number of rotatable bonds is 12. The first-order chi connectivity index (χ1) is 20.9. The molecule has 5 rings (SSSR count). The summed E-state index contributed by atoms with van der Waals surface area (Å²) >= 11 is 2.20. The molecule has 1 nitrogen and oxygen atoms in total. The Hall–Kier alpha value is -3.04. The van der Waals surface area contributed by atoms with E-state index in [2.05, 4.69) is 6.92 Å². The highest BCUT2D eigenvalue weighted by molar-refractivity contribution is 7.16. The van der Waals surface area contributed by atoms with Crippen LogP contribution in [0.4, 0.5) is 26.3 Å². The number of allylic oxidation sites excluding steroid dienone is 2. The number of thiophene rings is 2. The van der Waals surface area contributed by atoms with Crippen LogP contribution in [-0.4, -0.2) is 24.4 Å². The summed E-state index contributed by atoms with van der Waals surface area (Å²) in [6.45, 7) is 5.74. The van der Waals surface area contributed by atoms with Gasteiger partial charge in [-0.05, 0) is 78.9 Å². The zero-order valence-corrected chi connectivity index (χ0v) is 26.4. The Bertz CT molecular complexity index is 1620. The van der Waals surface area contributed by atoms with E-state index in [1.54, 1.807) is 54.6 Å². The van der Waals surface area contributed by atoms with Gasteiger partial charge < -0.3 is 4.74 Å². The van der Waals surface area contributed by atoms with E-state index in [9.17, 15) is 8.78 Å². The van der Waals surface area contributed by atoms with Gasteiger partial charge in [0.25, 0.3) is 0 Å². The van der Waals surface area contributed by atoms with Crippen molar-refractivity contribution in [1.29, 1.82) is 0 Å². The molecule has 2 aromatic heterocycles. The van der Waals surface area contributed by atoms with Crippen molar-refractivity contribution < 1.29 is 31.1 Å². The molecule has 0 bridgehead atoms. The molecule has 0 amide bonds. The van der Waals surface area contributed by atoms with Gasteiger partial charge in [-0.25, -0.2) is 0 Å². The van der Waals surface area contributed by atoms with Gasteiger partial charge >= 0.3 is 17.8 Å². The third-order valence-corrected chi connectivity index (χ3v) is 10.2. The smallest absolute Gasteiger partial charge is 0.380 e. The van der Waals surface area contributed by atoms with Crippen molar-refractivity contribution in [3.05, 3.63) is 87.6 Å². The molecule has 0 radical (unpaired) electrons. The molecule has 0 unspecified atom stereocenters. The molecule has 0 saturated carbocycles. The number of unbranched alkanes of at least 4 members (excludes halogenated alkanes) is 5. The largest absolute Gasteiger partial charge is 0.494 e. The zero-order chi connectivity index (χ0) is 31.7. The highest BCUT2D eigenvalue weighted by Crippen LogP contribution is 2.66. The minimum absolute atomic E-state index is 0.250. The Morgan fingerprint density at radius 2 is 1.09 bits per heavy atom. The number of hydrogen-bond acceptors (Lipinski definition) is 3. The fraction of sp³-hybridized carbons (Fsp3) is 0.371. The van der Waals surface area contributed by atoms with Crippen molar-refractivity contribution in [3.63, 3.8) is 0 Å². The summed E-state index contributed by atoms with van der Waals surface area (Å²) in [7, 11) is 0. The Balaban J connectivity index is 1.48. The van der Waals surface area contributed by atoms with E-state index in [4.69, 9.17) is 4.74 Å². The third kappa shape index (κ3) is 5.85. The number of ether oxygens (including phenoxy) is 1. The molecule has 0 aliphatic heterocycles. The van der Waals surface area contributed by atoms with Crippen molar-refractivity contribution in [3.8, 4) is 26.6 Å². The molecular weight excluding hydrogens is 615 g/mol. The Morgan fingerprint density at radius 1 is 0.614 bits per heavy atom. The van der Waals surface area contributed by atoms with Gasteiger partial charge in [0, 0.05) is 30.7 Å². The topological polar surface area (TPSA) is 9.23 Å². The maximum absolute atomic E-state index is 15.5. The second-order valence-electron chi connectivity index (χ2n) is 11.1. The van der Waals surface area contributed by atoms with E-state index >= 15 is 17.6 Å². The van der Waals surface area contributed by atoms with E-state index in [-0.39, 0.29) is 20.9 Å². The Labute approximate surface area is 262 Å². The normalized spacial score (nSPS) is 16.9. The van der Waals surface area contributed by atoms with Crippen molar-refractivity contribution in [2.45, 2.75) is 77.1 Å². The predicted molar refractivity (Wildman–Crippen MR) is 170 cm³/mol. The van der Waals surface area contributed by atoms with Crippen LogP contribution in [-0.2, 0) is 0 Å². The molecule has 2 heterocycles. The van der Waals surface area contributed by atoms with Crippen LogP contribution in [0.1, 0.15) is 66.3 Å². The summed E-state index contributed by atoms with van der Waals surface area (Å²) < 4.78 is 97.9. The lowest BCUT2D eigenvalue weighted by atomic mass is 9.94. The van der Waals surface area contributed by atoms with Crippen LogP contribution in [0, 0.1) is 13.8 Å². The van der Waals surface area contributed by atoms with E-state index in [0.29, 0.717) is 33.2 Å². The predicted octanol–water partition coefficient (Wildman–Crippen LogP) is 12.3. The summed E-state index contributed by atoms with van der Waals surface area (Å²) in [4.78, 5) is 1.54. The maximum atomic E-state index is 15.5. The average Bonchev–Trinajstić information content (AvgIpc) is 3.60. The zero-order valence-electron chi connectivity index (χ0n) is 24.8. The first-order valence-corrected chi connectivity index (χ1v) is 16.4. The molecule has 1 aliphatic rings. The van der Waals surface area contributed by atoms with Gasteiger partial charge in [0.15, 0.2) is 0 Å². The number of alkyl halides is 6. The Kier molecular flexibility index (Phi) is 9.38. The van der Waals surface area contributed by atoms with Crippen LogP contribution in [0.2, 0.25) is 0 Å². The summed E-state index contributed by atoms with van der Waals surface area (Å²) in [5.74, 6) is -15.1. The summed E-state index contributed by atoms with van der Waals surface area (Å²) in [6, 6.07) is 18.5. The molecule has 9 heteroatoms. The number of hydrogen-bond donors (Lipinski definition) is 0. The second-order valence-corrected chi connectivity index (χ2v) is 13.7. The lowest BCUT2D eigenvalue weighted by molar-refractivity contribution is -0.254. The molecule has 0 fully saturated rings. The first kappa shape index (κ1) is 32.4. The van der Waals surface area contributed by atoms with Crippen molar-refractivity contribution in [2.75, 3.05) is 6.61 Å². The van der Waals surface area contributed by atoms with E-state index in [0.717, 1.165) is 35.5 Å². The van der Waals surface area contributed by atoms with Gasteiger partial charge in [0.05, 0.1) is 6.61 Å². The van der Waals surface area contributed by atoms with Gasteiger partial charge in [-0.2, -0.15) is 26.3 Å². The molecule has 4 aromatic rings. The van der Waals surface area contributed by atoms with Crippen molar-refractivity contribution >= 4 is 33.8 Å². The summed E-state index contributed by atoms with van der Waals surface area (Å²) in [5.41, 5.74) is -1.87. The highest BCUT2D eigenvalue weighted by Gasteiger charge is 2.80. The molecule has 234 valence electrons. The lowest BCUT2D eigenvalue weighted by Crippen LogP contribution is -2.48. The minimum atomic E-state index is -5.60. The van der Waals surface area contributed by atoms with Gasteiger partial charge in [-0.15, -0.1) is 22.7 Å². The van der Waals surface area contributed by atoms with Crippen LogP contribution in [0.5, 0.6) is 5.75 Å². The quantitative estimate of drug-likeness (QED) is 0.110. The van der Waals surface area contributed by atoms with Gasteiger partial charge in [0.1, 0.15) is 5.75 Å². The van der Waals surface area contributed by atoms with Gasteiger partial charge in [-0.1, -0.05) is 69.4 Å². The molecule has 1 aliphatic carbocycles. The molecule has 2 aromatic carbocycles. The third-order valence-electron chi connectivity index (χ3n) is 8.00. The second kappa shape index (κ2) is 12.8. The maximum Gasteiger partial charge on any atom is 0.380 e. The summed E-state index contributed by atoms with van der Waals surface area (Å²) in [5, 5.41) is 0. The van der Waals surface area contributed by atoms with Gasteiger partial charge in [0.2, 0.25) is 0 Å². The average molecular weight is 649 g/mol. The molecule has 44 heavy (non-hydrogen) atoms.